The van der Waals surface area contributed by atoms with Crippen LogP contribution in [0, 0.1) is 5.92 Å². The molecule has 0 aromatic heterocycles. The Morgan fingerprint density at radius 1 is 0.915 bits per heavy atom. The zero-order valence-electron chi connectivity index (χ0n) is 26.3. The van der Waals surface area contributed by atoms with Crippen molar-refractivity contribution in [2.45, 2.75) is 82.1 Å². The van der Waals surface area contributed by atoms with Crippen LogP contribution in [0.1, 0.15) is 50.0 Å². The molecule has 2 heterocycles. The molecule has 2 aromatic carbocycles. The van der Waals surface area contributed by atoms with Crippen LogP contribution in [0.5, 0.6) is 0 Å². The molecule has 7 atom stereocenters. The third-order valence-electron chi connectivity index (χ3n) is 8.39. The Bertz CT molecular complexity index is 1500. The van der Waals surface area contributed by atoms with Crippen LogP contribution in [0.15, 0.2) is 60.7 Å². The largest absolute Gasteiger partial charge is 0.459 e. The Morgan fingerprint density at radius 2 is 1.53 bits per heavy atom. The number of carbonyl (C=O) groups is 5. The van der Waals surface area contributed by atoms with Crippen molar-refractivity contribution in [2.24, 2.45) is 5.92 Å². The van der Waals surface area contributed by atoms with Crippen molar-refractivity contribution in [1.82, 2.24) is 5.32 Å². The van der Waals surface area contributed by atoms with E-state index in [1.807, 2.05) is 0 Å². The van der Waals surface area contributed by atoms with Gasteiger partial charge in [0, 0.05) is 13.8 Å². The molecule has 3 fully saturated rings. The lowest BCUT2D eigenvalue weighted by Crippen LogP contribution is -2.84. The third-order valence-corrected chi connectivity index (χ3v) is 8.39. The number of aliphatic hydroxyl groups is 1. The molecule has 2 bridgehead atoms. The number of fused-ring (bicyclic) bond motifs is 2. The molecule has 1 unspecified atom stereocenters. The predicted octanol–water partition coefficient (Wildman–Crippen LogP) is 2.20. The minimum absolute atomic E-state index is 0.148. The lowest BCUT2D eigenvalue weighted by molar-refractivity contribution is -0.300. The molecule has 1 amide bonds. The molecular formula is C33H37NO13. The summed E-state index contributed by atoms with van der Waals surface area (Å²) in [5, 5.41) is 15.2. The molecule has 2 N–H and O–H groups in total. The summed E-state index contributed by atoms with van der Waals surface area (Å²) in [5.41, 5.74) is -3.65. The smallest absolute Gasteiger partial charge is 0.408 e. The van der Waals surface area contributed by atoms with Gasteiger partial charge in [0.2, 0.25) is 0 Å². The normalized spacial score (nSPS) is 30.7. The number of nitrogens with one attached hydrogen (secondary N) is 1. The number of hydrogen-bond donors (Lipinski definition) is 2. The number of hydrogen-bond acceptors (Lipinski definition) is 13. The van der Waals surface area contributed by atoms with Crippen molar-refractivity contribution < 1.29 is 62.2 Å². The first kappa shape index (κ1) is 33.8. The van der Waals surface area contributed by atoms with Crippen LogP contribution in [0.25, 0.3) is 0 Å². The number of amides is 1. The van der Waals surface area contributed by atoms with Crippen LogP contribution in [-0.4, -0.2) is 89.6 Å². The number of carbonyl (C=O) groups excluding carboxylic acids is 5. The maximum absolute atomic E-state index is 13.5. The molecule has 5 rings (SSSR count). The number of esters is 4. The number of benzene rings is 2. The molecule has 2 aromatic rings. The highest BCUT2D eigenvalue weighted by atomic mass is 16.7. The molecule has 1 aliphatic carbocycles. The summed E-state index contributed by atoms with van der Waals surface area (Å²) < 4.78 is 40.1. The summed E-state index contributed by atoms with van der Waals surface area (Å²) in [6.45, 7) is 4.26. The highest BCUT2D eigenvalue weighted by Gasteiger charge is 2.75. The molecule has 14 nitrogen and oxygen atoms in total. The van der Waals surface area contributed by atoms with Crippen molar-refractivity contribution >= 4 is 30.0 Å². The average molecular weight is 656 g/mol. The maximum atomic E-state index is 13.5. The zero-order valence-corrected chi connectivity index (χ0v) is 26.3. The van der Waals surface area contributed by atoms with Crippen molar-refractivity contribution in [2.75, 3.05) is 13.2 Å². The van der Waals surface area contributed by atoms with Gasteiger partial charge in [-0.1, -0.05) is 48.5 Å². The van der Waals surface area contributed by atoms with Gasteiger partial charge < -0.3 is 43.6 Å². The van der Waals surface area contributed by atoms with Gasteiger partial charge in [0.25, 0.3) is 0 Å². The summed E-state index contributed by atoms with van der Waals surface area (Å²) >= 11 is 0. The lowest BCUT2D eigenvalue weighted by Gasteiger charge is -2.61. The van der Waals surface area contributed by atoms with Gasteiger partial charge in [-0.3, -0.25) is 14.4 Å². The van der Waals surface area contributed by atoms with Crippen molar-refractivity contribution in [1.29, 1.82) is 0 Å². The topological polar surface area (TPSA) is 182 Å². The van der Waals surface area contributed by atoms with E-state index < -0.39 is 90.3 Å². The van der Waals surface area contributed by atoms with E-state index in [9.17, 15) is 29.1 Å². The van der Waals surface area contributed by atoms with Crippen molar-refractivity contribution in [3.05, 3.63) is 71.8 Å². The van der Waals surface area contributed by atoms with Gasteiger partial charge in [0.05, 0.1) is 30.6 Å². The Labute approximate surface area is 270 Å². The van der Waals surface area contributed by atoms with Crippen molar-refractivity contribution in [3.8, 4) is 0 Å². The van der Waals surface area contributed by atoms with E-state index in [-0.39, 0.29) is 18.8 Å². The first-order valence-electron chi connectivity index (χ1n) is 15.0. The molecule has 2 saturated heterocycles. The quantitative estimate of drug-likeness (QED) is 0.297. The van der Waals surface area contributed by atoms with Crippen LogP contribution < -0.4 is 5.32 Å². The standard InChI is InChI=1S/C33H37NO13/c1-19(35)44-26-25(23-17-43-31(3,4)47-23)32(34-30(39)41-16-21-11-7-5-8-12-21)15-24(37)46-28(27(32)45-20(2)36)33(26,40)18-42-29(38)22-13-9-6-10-14-22/h5-14,23,25-28,40H,15-18H2,1-4H3,(H,34,39)/t23-,25+,26?,27+,28+,32-,33+/m1/s1. The molecule has 252 valence electrons. The van der Waals surface area contributed by atoms with E-state index in [4.69, 9.17) is 33.2 Å². The molecule has 2 aliphatic heterocycles. The van der Waals surface area contributed by atoms with Crippen LogP contribution in [-0.2, 0) is 54.1 Å². The fraction of sp³-hybridized carbons (Fsp3) is 0.485. The van der Waals surface area contributed by atoms with Crippen LogP contribution in [0.3, 0.4) is 0 Å². The summed E-state index contributed by atoms with van der Waals surface area (Å²) in [7, 11) is 0. The van der Waals surface area contributed by atoms with E-state index in [1.54, 1.807) is 62.4 Å². The first-order chi connectivity index (χ1) is 22.2. The van der Waals surface area contributed by atoms with E-state index >= 15 is 0 Å². The first-order valence-corrected chi connectivity index (χ1v) is 15.0. The van der Waals surface area contributed by atoms with Gasteiger partial charge in [0.1, 0.15) is 24.9 Å². The fourth-order valence-corrected chi connectivity index (χ4v) is 6.54. The molecular weight excluding hydrogens is 618 g/mol. The third kappa shape index (κ3) is 7.09. The monoisotopic (exact) mass is 655 g/mol. The highest BCUT2D eigenvalue weighted by molar-refractivity contribution is 5.89. The zero-order chi connectivity index (χ0) is 34.0. The average Bonchev–Trinajstić information content (AvgIpc) is 3.38. The minimum atomic E-state index is -2.52. The summed E-state index contributed by atoms with van der Waals surface area (Å²) in [5.74, 6) is -5.99. The molecule has 3 aliphatic rings. The number of ether oxygens (including phenoxy) is 7. The van der Waals surface area contributed by atoms with Gasteiger partial charge in [-0.2, -0.15) is 0 Å². The maximum Gasteiger partial charge on any atom is 0.408 e. The van der Waals surface area contributed by atoms with Gasteiger partial charge in [-0.15, -0.1) is 0 Å². The van der Waals surface area contributed by atoms with Crippen LogP contribution in [0.4, 0.5) is 4.79 Å². The van der Waals surface area contributed by atoms with Crippen LogP contribution in [0.2, 0.25) is 0 Å². The molecule has 14 heteroatoms. The van der Waals surface area contributed by atoms with Gasteiger partial charge in [-0.05, 0) is 31.5 Å². The lowest BCUT2D eigenvalue weighted by atomic mass is 9.57. The van der Waals surface area contributed by atoms with Gasteiger partial charge in [0.15, 0.2) is 23.6 Å². The highest BCUT2D eigenvalue weighted by Crippen LogP contribution is 2.52. The SMILES string of the molecule is CC(=O)OC1[C@H]([C@H]2COC(C)(C)O2)[C@]2(NC(=O)OCc3ccccc3)CC(=O)O[C@@H]([C@@H]2OC(C)=O)[C@]1(O)COC(=O)c1ccccc1. The Morgan fingerprint density at radius 3 is 2.13 bits per heavy atom. The van der Waals surface area contributed by atoms with Gasteiger partial charge in [-0.25, -0.2) is 9.59 Å². The van der Waals surface area contributed by atoms with Crippen LogP contribution >= 0.6 is 0 Å². The second-order valence-electron chi connectivity index (χ2n) is 12.2. The number of rotatable bonds is 9. The van der Waals surface area contributed by atoms with E-state index in [0.29, 0.717) is 5.56 Å². The fourth-order valence-electron chi connectivity index (χ4n) is 6.54. The second-order valence-corrected chi connectivity index (χ2v) is 12.2. The summed E-state index contributed by atoms with van der Waals surface area (Å²) in [4.78, 5) is 65.2. The Kier molecular flexibility index (Phi) is 9.57. The Balaban J connectivity index is 1.61. The van der Waals surface area contributed by atoms with E-state index in [2.05, 4.69) is 5.32 Å². The minimum Gasteiger partial charge on any atom is -0.459 e. The van der Waals surface area contributed by atoms with Gasteiger partial charge >= 0.3 is 30.0 Å². The van der Waals surface area contributed by atoms with E-state index in [0.717, 1.165) is 13.8 Å². The molecule has 1 saturated carbocycles. The summed E-state index contributed by atoms with van der Waals surface area (Å²) in [6, 6.07) is 16.7. The molecule has 0 radical (unpaired) electrons. The summed E-state index contributed by atoms with van der Waals surface area (Å²) in [6.07, 6.45) is -7.78. The predicted molar refractivity (Wildman–Crippen MR) is 158 cm³/mol. The molecule has 47 heavy (non-hydrogen) atoms. The van der Waals surface area contributed by atoms with Crippen molar-refractivity contribution in [3.63, 3.8) is 0 Å². The second kappa shape index (κ2) is 13.3. The van der Waals surface area contributed by atoms with E-state index in [1.165, 1.54) is 12.1 Å². The number of alkyl carbamates (subject to hydrolysis) is 1. The Hall–Kier alpha value is -4.53. The molecule has 0 spiro atoms.